The third-order valence-corrected chi connectivity index (χ3v) is 6.67. The molecule has 1 atom stereocenters. The molecule has 8 heteroatoms. The number of carbonyl (C=O) groups is 4. The van der Waals surface area contributed by atoms with E-state index in [9.17, 15) is 19.2 Å². The molecular weight excluding hydrogens is 378 g/mol. The van der Waals surface area contributed by atoms with Gasteiger partial charge in [-0.05, 0) is 54.5 Å². The van der Waals surface area contributed by atoms with E-state index in [0.29, 0.717) is 17.7 Å². The number of hydrogen-bond donors (Lipinski definition) is 2. The van der Waals surface area contributed by atoms with Crippen molar-refractivity contribution in [2.75, 3.05) is 11.9 Å². The number of aryl methyl sites for hydroxylation is 1. The van der Waals surface area contributed by atoms with Crippen LogP contribution in [-0.2, 0) is 28.0 Å². The molecule has 0 radical (unpaired) electrons. The molecule has 1 fully saturated rings. The lowest BCUT2D eigenvalue weighted by molar-refractivity contribution is -0.131. The number of nitrogens with one attached hydrogen (secondary N) is 2. The maximum absolute atomic E-state index is 13.2. The molecule has 7 nitrogen and oxygen atoms in total. The number of imide groups is 1. The lowest BCUT2D eigenvalue weighted by atomic mass is 9.80. The van der Waals surface area contributed by atoms with Crippen molar-refractivity contribution in [1.29, 1.82) is 0 Å². The maximum Gasteiger partial charge on any atom is 0.325 e. The van der Waals surface area contributed by atoms with Crippen LogP contribution in [0.4, 0.5) is 10.5 Å². The van der Waals surface area contributed by atoms with Crippen molar-refractivity contribution in [3.05, 3.63) is 51.2 Å². The van der Waals surface area contributed by atoms with E-state index in [2.05, 4.69) is 10.6 Å². The Morgan fingerprint density at radius 3 is 2.93 bits per heavy atom. The molecule has 0 bridgehead atoms. The molecule has 0 saturated carbocycles. The van der Waals surface area contributed by atoms with Gasteiger partial charge in [0.1, 0.15) is 5.54 Å². The van der Waals surface area contributed by atoms with Crippen molar-refractivity contribution >= 4 is 40.7 Å². The second kappa shape index (κ2) is 6.00. The lowest BCUT2D eigenvalue weighted by Gasteiger charge is -2.31. The molecule has 1 spiro atoms. The van der Waals surface area contributed by atoms with Crippen molar-refractivity contribution in [1.82, 2.24) is 10.2 Å². The third kappa shape index (κ3) is 2.41. The molecule has 3 heterocycles. The van der Waals surface area contributed by atoms with Crippen molar-refractivity contribution < 1.29 is 19.2 Å². The van der Waals surface area contributed by atoms with Gasteiger partial charge in [0.25, 0.3) is 5.91 Å². The molecule has 3 aliphatic rings. The molecule has 1 aromatic heterocycles. The number of thiophene rings is 1. The van der Waals surface area contributed by atoms with Crippen molar-refractivity contribution in [2.24, 2.45) is 0 Å². The fraction of sp³-hybridized carbons (Fsp3) is 0.300. The Bertz CT molecular complexity index is 1060. The van der Waals surface area contributed by atoms with E-state index < -0.39 is 11.6 Å². The second-order valence-electron chi connectivity index (χ2n) is 7.36. The quantitative estimate of drug-likeness (QED) is 0.615. The number of fused-ring (bicyclic) bond motifs is 3. The van der Waals surface area contributed by atoms with Crippen LogP contribution in [0.3, 0.4) is 0 Å². The van der Waals surface area contributed by atoms with Crippen molar-refractivity contribution in [3.63, 3.8) is 0 Å². The maximum atomic E-state index is 13.2. The van der Waals surface area contributed by atoms with Gasteiger partial charge in [-0.2, -0.15) is 0 Å². The summed E-state index contributed by atoms with van der Waals surface area (Å²) in [4.78, 5) is 52.2. The van der Waals surface area contributed by atoms with Crippen LogP contribution in [-0.4, -0.2) is 35.1 Å². The third-order valence-electron chi connectivity index (χ3n) is 5.69. The Kier molecular flexibility index (Phi) is 3.67. The summed E-state index contributed by atoms with van der Waals surface area (Å²) in [6.45, 7) is -0.313. The number of benzene rings is 1. The number of anilines is 1. The van der Waals surface area contributed by atoms with Crippen LogP contribution < -0.4 is 10.6 Å². The topological polar surface area (TPSA) is 95.6 Å². The first-order chi connectivity index (χ1) is 13.5. The summed E-state index contributed by atoms with van der Waals surface area (Å²) in [5.41, 5.74) is 1.65. The fourth-order valence-corrected chi connectivity index (χ4v) is 5.32. The van der Waals surface area contributed by atoms with Gasteiger partial charge in [0.05, 0.1) is 13.0 Å². The molecule has 1 saturated heterocycles. The zero-order valence-corrected chi connectivity index (χ0v) is 15.7. The van der Waals surface area contributed by atoms with Gasteiger partial charge >= 0.3 is 6.03 Å². The minimum atomic E-state index is -1.04. The zero-order chi connectivity index (χ0) is 19.5. The lowest BCUT2D eigenvalue weighted by Crippen LogP contribution is -2.46. The largest absolute Gasteiger partial charge is 0.326 e. The molecular formula is C20H17N3O4S. The smallest absolute Gasteiger partial charge is 0.325 e. The molecule has 2 aromatic rings. The molecule has 2 aliphatic heterocycles. The van der Waals surface area contributed by atoms with Gasteiger partial charge in [0.15, 0.2) is 5.78 Å². The van der Waals surface area contributed by atoms with Crippen molar-refractivity contribution in [3.8, 4) is 0 Å². The molecule has 1 aliphatic carbocycles. The Labute approximate surface area is 164 Å². The van der Waals surface area contributed by atoms with Gasteiger partial charge in [-0.1, -0.05) is 0 Å². The number of Topliss-reactive ketones (excluding diaryl/α,β-unsaturated/α-hetero) is 1. The van der Waals surface area contributed by atoms with Crippen LogP contribution in [0.15, 0.2) is 29.6 Å². The van der Waals surface area contributed by atoms with E-state index in [-0.39, 0.29) is 30.6 Å². The van der Waals surface area contributed by atoms with E-state index >= 15 is 0 Å². The summed E-state index contributed by atoms with van der Waals surface area (Å²) in [6, 6.07) is 6.31. The highest BCUT2D eigenvalue weighted by molar-refractivity contribution is 7.10. The second-order valence-corrected chi connectivity index (χ2v) is 8.36. The molecule has 2 N–H and O–H groups in total. The van der Waals surface area contributed by atoms with Crippen LogP contribution in [0.1, 0.15) is 39.2 Å². The van der Waals surface area contributed by atoms with Crippen LogP contribution >= 0.6 is 11.3 Å². The normalized spacial score (nSPS) is 22.9. The van der Waals surface area contributed by atoms with E-state index in [4.69, 9.17) is 0 Å². The van der Waals surface area contributed by atoms with Gasteiger partial charge < -0.3 is 10.6 Å². The number of rotatable bonds is 3. The summed E-state index contributed by atoms with van der Waals surface area (Å²) >= 11 is 1.59. The first-order valence-electron chi connectivity index (χ1n) is 9.15. The van der Waals surface area contributed by atoms with E-state index in [1.807, 2.05) is 11.4 Å². The predicted octanol–water partition coefficient (Wildman–Crippen LogP) is 2.21. The Morgan fingerprint density at radius 1 is 1.21 bits per heavy atom. The van der Waals surface area contributed by atoms with Crippen LogP contribution in [0, 0.1) is 0 Å². The van der Waals surface area contributed by atoms with Crippen LogP contribution in [0.2, 0.25) is 0 Å². The summed E-state index contributed by atoms with van der Waals surface area (Å²) in [6.07, 6.45) is 2.48. The van der Waals surface area contributed by atoms with Gasteiger partial charge in [0.2, 0.25) is 5.91 Å². The standard InChI is InChI=1S/C20H17N3O4S/c24-15(11-3-4-14-12(8-11)9-17(25)21-14)10-23-18(26)20(22-19(23)27)6-1-2-16-13(20)5-7-28-16/h3-5,7-8H,1-2,6,9-10H2,(H,21,25)(H,22,27)/t20-/m0/s1. The van der Waals surface area contributed by atoms with Crippen molar-refractivity contribution in [2.45, 2.75) is 31.2 Å². The highest BCUT2D eigenvalue weighted by Gasteiger charge is 2.54. The Hall–Kier alpha value is -3.00. The highest BCUT2D eigenvalue weighted by Crippen LogP contribution is 2.42. The summed E-state index contributed by atoms with van der Waals surface area (Å²) < 4.78 is 0. The molecule has 4 amide bonds. The Balaban J connectivity index is 1.40. The average molecular weight is 395 g/mol. The first-order valence-corrected chi connectivity index (χ1v) is 10.0. The summed E-state index contributed by atoms with van der Waals surface area (Å²) in [5, 5.41) is 7.51. The average Bonchev–Trinajstić information content (AvgIpc) is 3.35. The summed E-state index contributed by atoms with van der Waals surface area (Å²) in [5.74, 6) is -0.799. The number of carbonyl (C=O) groups excluding carboxylic acids is 4. The van der Waals surface area contributed by atoms with E-state index in [1.165, 1.54) is 0 Å². The molecule has 1 aromatic carbocycles. The number of nitrogens with zero attached hydrogens (tertiary/aromatic N) is 1. The SMILES string of the molecule is O=C1Cc2cc(C(=O)CN3C(=O)N[C@]4(CCCc5sccc54)C3=O)ccc2N1. The minimum absolute atomic E-state index is 0.112. The number of urea groups is 1. The number of amides is 4. The number of ketones is 1. The molecule has 0 unspecified atom stereocenters. The molecule has 5 rings (SSSR count). The van der Waals surface area contributed by atoms with Gasteiger partial charge in [-0.15, -0.1) is 11.3 Å². The Morgan fingerprint density at radius 2 is 2.07 bits per heavy atom. The van der Waals surface area contributed by atoms with Gasteiger partial charge in [0, 0.05) is 21.7 Å². The van der Waals surface area contributed by atoms with Crippen LogP contribution in [0.25, 0.3) is 0 Å². The molecule has 28 heavy (non-hydrogen) atoms. The first kappa shape index (κ1) is 17.1. The zero-order valence-electron chi connectivity index (χ0n) is 14.9. The summed E-state index contributed by atoms with van der Waals surface area (Å²) in [7, 11) is 0. The monoisotopic (exact) mass is 395 g/mol. The number of hydrogen-bond acceptors (Lipinski definition) is 5. The van der Waals surface area contributed by atoms with Gasteiger partial charge in [-0.25, -0.2) is 4.79 Å². The highest BCUT2D eigenvalue weighted by atomic mass is 32.1. The minimum Gasteiger partial charge on any atom is -0.326 e. The van der Waals surface area contributed by atoms with E-state index in [1.54, 1.807) is 29.5 Å². The van der Waals surface area contributed by atoms with Crippen LogP contribution in [0.5, 0.6) is 0 Å². The van der Waals surface area contributed by atoms with E-state index in [0.717, 1.165) is 33.7 Å². The molecule has 142 valence electrons. The van der Waals surface area contributed by atoms with Gasteiger partial charge in [-0.3, -0.25) is 19.3 Å². The fourth-order valence-electron chi connectivity index (χ4n) is 4.32. The predicted molar refractivity (Wildman–Crippen MR) is 102 cm³/mol.